The number of rotatable bonds is 2. The molecule has 0 aliphatic carbocycles. The number of ketones is 1. The molecule has 0 spiro atoms. The highest BCUT2D eigenvalue weighted by Crippen LogP contribution is 2.35. The Morgan fingerprint density at radius 3 is 2.56 bits per heavy atom. The van der Waals surface area contributed by atoms with Gasteiger partial charge in [0.1, 0.15) is 23.7 Å². The van der Waals surface area contributed by atoms with Crippen molar-refractivity contribution in [3.05, 3.63) is 69.4 Å². The summed E-state index contributed by atoms with van der Waals surface area (Å²) in [7, 11) is 0. The van der Waals surface area contributed by atoms with Crippen molar-refractivity contribution >= 4 is 22.8 Å². The number of Topliss-reactive ketones (excluding diaryl/α,β-unsaturated/α-hetero) is 1. The Hall–Kier alpha value is -3.14. The van der Waals surface area contributed by atoms with E-state index in [1.165, 1.54) is 6.92 Å². The van der Waals surface area contributed by atoms with Crippen LogP contribution in [-0.4, -0.2) is 12.4 Å². The average molecular weight is 332 g/mol. The van der Waals surface area contributed by atoms with Crippen LogP contribution in [0.5, 0.6) is 5.75 Å². The lowest BCUT2D eigenvalue weighted by Gasteiger charge is -2.18. The summed E-state index contributed by atoms with van der Waals surface area (Å²) in [4.78, 5) is 24.5. The molecule has 0 radical (unpaired) electrons. The number of hydrogen-bond acceptors (Lipinski definition) is 4. The Morgan fingerprint density at radius 1 is 1.08 bits per heavy atom. The largest absolute Gasteiger partial charge is 0.488 e. The SMILES string of the molecule is CC(=O)C1=Cc2c(ccc3c(=O)c(C)c(-c4ccccc4)oc23)OC1. The van der Waals surface area contributed by atoms with E-state index in [1.54, 1.807) is 25.1 Å². The van der Waals surface area contributed by atoms with Gasteiger partial charge in [-0.3, -0.25) is 9.59 Å². The molecule has 0 saturated heterocycles. The maximum atomic E-state index is 12.8. The molecule has 0 N–H and O–H groups in total. The third-order valence-electron chi connectivity index (χ3n) is 4.48. The van der Waals surface area contributed by atoms with Crippen LogP contribution in [0.1, 0.15) is 18.1 Å². The van der Waals surface area contributed by atoms with Crippen molar-refractivity contribution in [2.45, 2.75) is 13.8 Å². The Morgan fingerprint density at radius 2 is 1.84 bits per heavy atom. The van der Waals surface area contributed by atoms with Gasteiger partial charge in [0.2, 0.25) is 0 Å². The van der Waals surface area contributed by atoms with E-state index in [0.29, 0.717) is 39.2 Å². The lowest BCUT2D eigenvalue weighted by atomic mass is 10.0. The maximum absolute atomic E-state index is 12.8. The van der Waals surface area contributed by atoms with Crippen molar-refractivity contribution < 1.29 is 13.9 Å². The summed E-state index contributed by atoms with van der Waals surface area (Å²) in [5, 5.41) is 0.487. The fourth-order valence-electron chi connectivity index (χ4n) is 3.06. The summed E-state index contributed by atoms with van der Waals surface area (Å²) in [6.07, 6.45) is 1.76. The van der Waals surface area contributed by atoms with E-state index >= 15 is 0 Å². The smallest absolute Gasteiger partial charge is 0.196 e. The van der Waals surface area contributed by atoms with E-state index in [-0.39, 0.29) is 17.8 Å². The molecule has 2 aromatic carbocycles. The van der Waals surface area contributed by atoms with Gasteiger partial charge < -0.3 is 9.15 Å². The summed E-state index contributed by atoms with van der Waals surface area (Å²) in [5.74, 6) is 1.10. The molecule has 3 aromatic rings. The number of benzene rings is 2. The first kappa shape index (κ1) is 15.4. The molecule has 4 rings (SSSR count). The average Bonchev–Trinajstić information content (AvgIpc) is 2.64. The Kier molecular flexibility index (Phi) is 3.53. The second-order valence-corrected chi connectivity index (χ2v) is 6.12. The molecule has 0 saturated carbocycles. The van der Waals surface area contributed by atoms with Gasteiger partial charge in [-0.1, -0.05) is 30.3 Å². The minimum Gasteiger partial charge on any atom is -0.488 e. The Bertz CT molecular complexity index is 1090. The van der Waals surface area contributed by atoms with Crippen molar-refractivity contribution in [1.29, 1.82) is 0 Å². The molecule has 2 heterocycles. The van der Waals surface area contributed by atoms with Crippen molar-refractivity contribution in [3.63, 3.8) is 0 Å². The molecule has 0 atom stereocenters. The number of ether oxygens (including phenoxy) is 1. The zero-order chi connectivity index (χ0) is 17.6. The van der Waals surface area contributed by atoms with E-state index in [2.05, 4.69) is 0 Å². The molecule has 0 unspecified atom stereocenters. The third-order valence-corrected chi connectivity index (χ3v) is 4.48. The molecule has 25 heavy (non-hydrogen) atoms. The van der Waals surface area contributed by atoms with Gasteiger partial charge in [-0.2, -0.15) is 0 Å². The van der Waals surface area contributed by atoms with Gasteiger partial charge in [-0.15, -0.1) is 0 Å². The summed E-state index contributed by atoms with van der Waals surface area (Å²) in [5.41, 5.74) is 2.97. The van der Waals surface area contributed by atoms with Gasteiger partial charge in [0.15, 0.2) is 11.2 Å². The van der Waals surface area contributed by atoms with Crippen molar-refractivity contribution in [3.8, 4) is 17.1 Å². The fraction of sp³-hybridized carbons (Fsp3) is 0.143. The minimum absolute atomic E-state index is 0.0552. The van der Waals surface area contributed by atoms with Crippen LogP contribution in [0.4, 0.5) is 0 Å². The minimum atomic E-state index is -0.0775. The van der Waals surface area contributed by atoms with Crippen LogP contribution in [-0.2, 0) is 4.79 Å². The van der Waals surface area contributed by atoms with E-state index in [4.69, 9.17) is 9.15 Å². The van der Waals surface area contributed by atoms with Gasteiger partial charge in [0, 0.05) is 16.7 Å². The summed E-state index contributed by atoms with van der Waals surface area (Å²) in [6, 6.07) is 13.0. The van der Waals surface area contributed by atoms with Gasteiger partial charge in [-0.25, -0.2) is 0 Å². The van der Waals surface area contributed by atoms with E-state index in [0.717, 1.165) is 5.56 Å². The maximum Gasteiger partial charge on any atom is 0.196 e. The van der Waals surface area contributed by atoms with Crippen LogP contribution in [0, 0.1) is 6.92 Å². The predicted octanol–water partition coefficient (Wildman–Crippen LogP) is 4.13. The molecule has 1 aromatic heterocycles. The molecule has 4 heteroatoms. The van der Waals surface area contributed by atoms with Gasteiger partial charge >= 0.3 is 0 Å². The van der Waals surface area contributed by atoms with Gasteiger partial charge in [0.05, 0.1) is 10.9 Å². The van der Waals surface area contributed by atoms with Crippen LogP contribution < -0.4 is 10.2 Å². The molecule has 1 aliphatic rings. The van der Waals surface area contributed by atoms with Crippen LogP contribution in [0.25, 0.3) is 28.4 Å². The van der Waals surface area contributed by atoms with E-state index in [9.17, 15) is 9.59 Å². The molecule has 4 nitrogen and oxygen atoms in total. The molecule has 0 fully saturated rings. The second-order valence-electron chi connectivity index (χ2n) is 6.12. The second kappa shape index (κ2) is 5.74. The van der Waals surface area contributed by atoms with Gasteiger partial charge in [0.25, 0.3) is 0 Å². The summed E-state index contributed by atoms with van der Waals surface area (Å²) in [6.45, 7) is 3.50. The number of hydrogen-bond donors (Lipinski definition) is 0. The standard InChI is InChI=1S/C21H16O4/c1-12-19(23)16-8-9-18-17(10-15(11-24-18)13(2)22)21(16)25-20(12)14-6-4-3-5-7-14/h3-10H,11H2,1-2H3. The first-order valence-electron chi connectivity index (χ1n) is 8.06. The predicted molar refractivity (Wildman–Crippen MR) is 96.8 cm³/mol. The number of carbonyl (C=O) groups excluding carboxylic acids is 1. The molecule has 0 bridgehead atoms. The lowest BCUT2D eigenvalue weighted by molar-refractivity contribution is -0.113. The lowest BCUT2D eigenvalue weighted by Crippen LogP contribution is -2.14. The summed E-state index contributed by atoms with van der Waals surface area (Å²) >= 11 is 0. The summed E-state index contributed by atoms with van der Waals surface area (Å²) < 4.78 is 11.8. The molecule has 0 amide bonds. The monoisotopic (exact) mass is 332 g/mol. The quantitative estimate of drug-likeness (QED) is 0.708. The van der Waals surface area contributed by atoms with E-state index in [1.807, 2.05) is 30.3 Å². The highest BCUT2D eigenvalue weighted by molar-refractivity contribution is 6.02. The molecular weight excluding hydrogens is 316 g/mol. The fourth-order valence-corrected chi connectivity index (χ4v) is 3.06. The van der Waals surface area contributed by atoms with Crippen molar-refractivity contribution in [2.75, 3.05) is 6.61 Å². The third kappa shape index (κ3) is 2.47. The van der Waals surface area contributed by atoms with Crippen LogP contribution in [0.2, 0.25) is 0 Å². The van der Waals surface area contributed by atoms with Crippen LogP contribution in [0.3, 0.4) is 0 Å². The highest BCUT2D eigenvalue weighted by Gasteiger charge is 2.21. The topological polar surface area (TPSA) is 56.5 Å². The Labute approximate surface area is 144 Å². The first-order chi connectivity index (χ1) is 12.1. The molecule has 1 aliphatic heterocycles. The van der Waals surface area contributed by atoms with Gasteiger partial charge in [-0.05, 0) is 32.1 Å². The first-order valence-corrected chi connectivity index (χ1v) is 8.06. The number of carbonyl (C=O) groups is 1. The molecule has 124 valence electrons. The van der Waals surface area contributed by atoms with Crippen molar-refractivity contribution in [1.82, 2.24) is 0 Å². The highest BCUT2D eigenvalue weighted by atomic mass is 16.5. The Balaban J connectivity index is 2.07. The zero-order valence-electron chi connectivity index (χ0n) is 14.0. The number of fused-ring (bicyclic) bond motifs is 3. The van der Waals surface area contributed by atoms with Crippen LogP contribution in [0.15, 0.2) is 57.2 Å². The van der Waals surface area contributed by atoms with Crippen LogP contribution >= 0.6 is 0 Å². The zero-order valence-corrected chi connectivity index (χ0v) is 14.0. The van der Waals surface area contributed by atoms with E-state index < -0.39 is 0 Å². The normalized spacial score (nSPS) is 13.1. The molecular formula is C21H16O4. The van der Waals surface area contributed by atoms with Crippen molar-refractivity contribution in [2.24, 2.45) is 0 Å².